The second kappa shape index (κ2) is 6.11. The van der Waals surface area contributed by atoms with Gasteiger partial charge in [0.25, 0.3) is 5.56 Å². The molecule has 3 aromatic rings. The van der Waals surface area contributed by atoms with Crippen LogP contribution in [0.4, 0.5) is 5.95 Å². The molecule has 0 aliphatic carbocycles. The van der Waals surface area contributed by atoms with Crippen LogP contribution in [0, 0.1) is 0 Å². The fourth-order valence-electron chi connectivity index (χ4n) is 2.45. The second-order valence-corrected chi connectivity index (χ2v) is 5.18. The van der Waals surface area contributed by atoms with Gasteiger partial charge in [-0.25, -0.2) is 10.2 Å². The van der Waals surface area contributed by atoms with Crippen molar-refractivity contribution in [1.82, 2.24) is 23.7 Å². The van der Waals surface area contributed by atoms with Crippen LogP contribution in [0.15, 0.2) is 39.1 Å². The maximum atomic E-state index is 12.4. The third-order valence-corrected chi connectivity index (χ3v) is 3.71. The molecule has 0 fully saturated rings. The van der Waals surface area contributed by atoms with Gasteiger partial charge in [-0.3, -0.25) is 18.9 Å². The van der Waals surface area contributed by atoms with E-state index in [4.69, 9.17) is 0 Å². The molecular weight excluding hydrogens is 310 g/mol. The number of imidazole rings is 1. The standard InChI is InChI=1S/C15H17N7O2/c1-4-22-11-12(20(2)15(24)21(3)13(11)23)18-14(22)19-17-9-10-7-5-6-8-16-10/h5-9H,4H2,1-3H3,(H,18,19)/b17-9+. The van der Waals surface area contributed by atoms with Crippen LogP contribution < -0.4 is 16.7 Å². The molecule has 0 atom stereocenters. The van der Waals surface area contributed by atoms with Crippen LogP contribution in [0.2, 0.25) is 0 Å². The largest absolute Gasteiger partial charge is 0.332 e. The molecule has 0 saturated carbocycles. The van der Waals surface area contributed by atoms with Gasteiger partial charge in [0, 0.05) is 26.8 Å². The van der Waals surface area contributed by atoms with E-state index in [-0.39, 0.29) is 5.56 Å². The predicted molar refractivity (Wildman–Crippen MR) is 91.3 cm³/mol. The van der Waals surface area contributed by atoms with E-state index in [2.05, 4.69) is 20.5 Å². The Bertz CT molecular complexity index is 1030. The Kier molecular flexibility index (Phi) is 3.98. The Morgan fingerprint density at radius 3 is 2.71 bits per heavy atom. The molecule has 0 aliphatic rings. The van der Waals surface area contributed by atoms with E-state index in [0.29, 0.717) is 29.4 Å². The lowest BCUT2D eigenvalue weighted by molar-refractivity contribution is 0.700. The Hall–Kier alpha value is -3.23. The fraction of sp³-hybridized carbons (Fsp3) is 0.267. The first-order chi connectivity index (χ1) is 11.5. The topological polar surface area (TPSA) is 99.1 Å². The van der Waals surface area contributed by atoms with Gasteiger partial charge in [0.1, 0.15) is 0 Å². The first kappa shape index (κ1) is 15.7. The average Bonchev–Trinajstić information content (AvgIpc) is 2.97. The van der Waals surface area contributed by atoms with E-state index in [1.54, 1.807) is 24.0 Å². The molecule has 0 amide bonds. The summed E-state index contributed by atoms with van der Waals surface area (Å²) in [4.78, 5) is 32.9. The van der Waals surface area contributed by atoms with E-state index in [0.717, 1.165) is 4.57 Å². The van der Waals surface area contributed by atoms with Crippen molar-refractivity contribution in [3.8, 4) is 0 Å². The summed E-state index contributed by atoms with van der Waals surface area (Å²) in [7, 11) is 3.03. The molecule has 3 heterocycles. The highest BCUT2D eigenvalue weighted by molar-refractivity contribution is 5.78. The van der Waals surface area contributed by atoms with Crippen LogP contribution in [0.5, 0.6) is 0 Å². The summed E-state index contributed by atoms with van der Waals surface area (Å²) in [6.07, 6.45) is 3.22. The number of hydrazone groups is 1. The van der Waals surface area contributed by atoms with Gasteiger partial charge in [-0.2, -0.15) is 10.1 Å². The van der Waals surface area contributed by atoms with Crippen molar-refractivity contribution in [3.05, 3.63) is 50.9 Å². The number of aryl methyl sites for hydroxylation is 2. The quantitative estimate of drug-likeness (QED) is 0.549. The van der Waals surface area contributed by atoms with Gasteiger partial charge in [0.2, 0.25) is 5.95 Å². The number of hydrogen-bond donors (Lipinski definition) is 1. The number of pyridine rings is 1. The monoisotopic (exact) mass is 327 g/mol. The van der Waals surface area contributed by atoms with E-state index in [9.17, 15) is 9.59 Å². The molecule has 124 valence electrons. The number of nitrogens with zero attached hydrogens (tertiary/aromatic N) is 6. The Labute approximate surface area is 136 Å². The Morgan fingerprint density at radius 2 is 2.04 bits per heavy atom. The zero-order valence-electron chi connectivity index (χ0n) is 13.6. The Balaban J connectivity index is 2.08. The lowest BCUT2D eigenvalue weighted by Gasteiger charge is -2.05. The summed E-state index contributed by atoms with van der Waals surface area (Å²) in [6, 6.07) is 5.49. The van der Waals surface area contributed by atoms with E-state index in [1.807, 2.05) is 25.1 Å². The number of nitrogens with one attached hydrogen (secondary N) is 1. The molecule has 0 spiro atoms. The normalized spacial score (nSPS) is 11.5. The number of hydrogen-bond acceptors (Lipinski definition) is 6. The molecule has 3 rings (SSSR count). The maximum Gasteiger partial charge on any atom is 0.332 e. The van der Waals surface area contributed by atoms with Crippen LogP contribution >= 0.6 is 0 Å². The smallest absolute Gasteiger partial charge is 0.303 e. The van der Waals surface area contributed by atoms with E-state index in [1.165, 1.54) is 11.6 Å². The molecule has 0 aromatic carbocycles. The summed E-state index contributed by atoms with van der Waals surface area (Å²) < 4.78 is 4.10. The van der Waals surface area contributed by atoms with Gasteiger partial charge < -0.3 is 4.57 Å². The minimum atomic E-state index is -0.420. The van der Waals surface area contributed by atoms with Gasteiger partial charge >= 0.3 is 5.69 Å². The van der Waals surface area contributed by atoms with E-state index >= 15 is 0 Å². The fourth-order valence-corrected chi connectivity index (χ4v) is 2.45. The van der Waals surface area contributed by atoms with Gasteiger partial charge in [-0.1, -0.05) is 6.07 Å². The number of fused-ring (bicyclic) bond motifs is 1. The van der Waals surface area contributed by atoms with Crippen molar-refractivity contribution in [3.63, 3.8) is 0 Å². The molecule has 0 unspecified atom stereocenters. The van der Waals surface area contributed by atoms with Crippen molar-refractivity contribution >= 4 is 23.3 Å². The van der Waals surface area contributed by atoms with Crippen LogP contribution in [-0.2, 0) is 20.6 Å². The molecular formula is C15H17N7O2. The van der Waals surface area contributed by atoms with Crippen molar-refractivity contribution in [2.75, 3.05) is 5.43 Å². The molecule has 3 aromatic heterocycles. The highest BCUT2D eigenvalue weighted by atomic mass is 16.2. The van der Waals surface area contributed by atoms with Gasteiger partial charge in [0.15, 0.2) is 11.2 Å². The molecule has 9 heteroatoms. The molecule has 0 saturated heterocycles. The zero-order valence-corrected chi connectivity index (χ0v) is 13.6. The van der Waals surface area contributed by atoms with Gasteiger partial charge in [0.05, 0.1) is 11.9 Å². The highest BCUT2D eigenvalue weighted by Gasteiger charge is 2.17. The molecule has 24 heavy (non-hydrogen) atoms. The van der Waals surface area contributed by atoms with Gasteiger partial charge in [-0.15, -0.1) is 0 Å². The van der Waals surface area contributed by atoms with Crippen molar-refractivity contribution in [1.29, 1.82) is 0 Å². The molecule has 9 nitrogen and oxygen atoms in total. The number of rotatable bonds is 4. The SMILES string of the molecule is CCn1c(N/N=C/c2ccccn2)nc2c1c(=O)n(C)c(=O)n2C. The van der Waals surface area contributed by atoms with E-state index < -0.39 is 5.69 Å². The van der Waals surface area contributed by atoms with Crippen LogP contribution in [-0.4, -0.2) is 29.9 Å². The zero-order chi connectivity index (χ0) is 17.3. The van der Waals surface area contributed by atoms with Crippen LogP contribution in [0.3, 0.4) is 0 Å². The molecule has 1 N–H and O–H groups in total. The van der Waals surface area contributed by atoms with Gasteiger partial charge in [-0.05, 0) is 19.1 Å². The summed E-state index contributed by atoms with van der Waals surface area (Å²) in [5, 5.41) is 4.10. The minimum absolute atomic E-state index is 0.320. The number of aromatic nitrogens is 5. The lowest BCUT2D eigenvalue weighted by Crippen LogP contribution is -2.37. The third-order valence-electron chi connectivity index (χ3n) is 3.71. The predicted octanol–water partition coefficient (Wildman–Crippen LogP) is 0.295. The highest BCUT2D eigenvalue weighted by Crippen LogP contribution is 2.15. The maximum absolute atomic E-state index is 12.4. The van der Waals surface area contributed by atoms with Crippen molar-refractivity contribution in [2.45, 2.75) is 13.5 Å². The first-order valence-corrected chi connectivity index (χ1v) is 7.41. The van der Waals surface area contributed by atoms with Crippen molar-refractivity contribution in [2.24, 2.45) is 19.2 Å². The molecule has 0 radical (unpaired) electrons. The average molecular weight is 327 g/mol. The molecule has 0 bridgehead atoms. The van der Waals surface area contributed by atoms with Crippen molar-refractivity contribution < 1.29 is 0 Å². The Morgan fingerprint density at radius 1 is 1.25 bits per heavy atom. The first-order valence-electron chi connectivity index (χ1n) is 7.41. The summed E-state index contributed by atoms with van der Waals surface area (Å²) in [6.45, 7) is 2.39. The summed E-state index contributed by atoms with van der Waals surface area (Å²) in [5.74, 6) is 0.387. The summed E-state index contributed by atoms with van der Waals surface area (Å²) in [5.41, 5.74) is 3.37. The number of anilines is 1. The minimum Gasteiger partial charge on any atom is -0.303 e. The van der Waals surface area contributed by atoms with Crippen LogP contribution in [0.1, 0.15) is 12.6 Å². The van der Waals surface area contributed by atoms with Crippen LogP contribution in [0.25, 0.3) is 11.2 Å². The molecule has 0 aliphatic heterocycles. The second-order valence-electron chi connectivity index (χ2n) is 5.18. The lowest BCUT2D eigenvalue weighted by atomic mass is 10.4. The third kappa shape index (κ3) is 2.49. The summed E-state index contributed by atoms with van der Waals surface area (Å²) >= 11 is 0.